The van der Waals surface area contributed by atoms with Crippen molar-refractivity contribution in [2.75, 3.05) is 6.54 Å². The molecule has 3 N–H and O–H groups in total. The largest absolute Gasteiger partial charge is 0.459 e. The van der Waals surface area contributed by atoms with E-state index in [-0.39, 0.29) is 23.8 Å². The van der Waals surface area contributed by atoms with Crippen LogP contribution in [0.5, 0.6) is 0 Å². The smallest absolute Gasteiger partial charge is 0.315 e. The summed E-state index contributed by atoms with van der Waals surface area (Å²) < 4.78 is 17.9. The molecule has 10 atom stereocenters. The number of fused-ring (bicyclic) bond motifs is 3. The summed E-state index contributed by atoms with van der Waals surface area (Å²) in [5.41, 5.74) is 4.11. The standard InChI is InChI=1S/C24H34N2O6/c1-4-23(9-11-5-6-12(23)7-11)32-20(28)16-14-8-13-15(16)19(27)30-17(13)18(14)31-21(29)22(2,3)24(25)10-26-24/h11-18,26H,4-10,25H2,1-3H3/t11?,12?,13?,14?,15?,16?,17?,18?,23?,24-/m0/s1. The Bertz CT molecular complexity index is 884. The van der Waals surface area contributed by atoms with Crippen LogP contribution in [0.15, 0.2) is 0 Å². The molecule has 0 spiro atoms. The van der Waals surface area contributed by atoms with E-state index in [0.29, 0.717) is 24.8 Å². The van der Waals surface area contributed by atoms with Crippen molar-refractivity contribution in [1.29, 1.82) is 0 Å². The third-order valence-electron chi connectivity index (χ3n) is 10.1. The Balaban J connectivity index is 1.23. The summed E-state index contributed by atoms with van der Waals surface area (Å²) in [7, 11) is 0. The second kappa shape index (κ2) is 6.47. The number of esters is 3. The molecule has 2 saturated heterocycles. The van der Waals surface area contributed by atoms with E-state index < -0.39 is 46.7 Å². The van der Waals surface area contributed by atoms with Crippen molar-refractivity contribution in [3.05, 3.63) is 0 Å². The van der Waals surface area contributed by atoms with Crippen LogP contribution in [0, 0.1) is 40.9 Å². The van der Waals surface area contributed by atoms with Crippen LogP contribution in [0.1, 0.15) is 59.3 Å². The van der Waals surface area contributed by atoms with E-state index in [1.54, 1.807) is 13.8 Å². The second-order valence-corrected chi connectivity index (χ2v) is 11.8. The molecule has 8 nitrogen and oxygen atoms in total. The van der Waals surface area contributed by atoms with Crippen molar-refractivity contribution in [3.63, 3.8) is 0 Å². The number of carbonyl (C=O) groups is 3. The fourth-order valence-corrected chi connectivity index (χ4v) is 7.75. The third-order valence-corrected chi connectivity index (χ3v) is 10.1. The molecule has 176 valence electrons. The van der Waals surface area contributed by atoms with E-state index in [0.717, 1.165) is 25.7 Å². The number of hydrogen-bond donors (Lipinski definition) is 2. The highest BCUT2D eigenvalue weighted by atomic mass is 16.6. The summed E-state index contributed by atoms with van der Waals surface area (Å²) in [5.74, 6) is -1.41. The van der Waals surface area contributed by atoms with E-state index >= 15 is 0 Å². The first-order valence-electron chi connectivity index (χ1n) is 12.3. The van der Waals surface area contributed by atoms with Gasteiger partial charge in [0.05, 0.1) is 22.9 Å². The first-order valence-corrected chi connectivity index (χ1v) is 12.3. The number of nitrogens with two attached hydrogens (primary N) is 1. The van der Waals surface area contributed by atoms with Crippen LogP contribution in [0.4, 0.5) is 0 Å². The monoisotopic (exact) mass is 446 g/mol. The molecule has 6 aliphatic rings. The molecule has 0 aromatic heterocycles. The predicted molar refractivity (Wildman–Crippen MR) is 112 cm³/mol. The van der Waals surface area contributed by atoms with Gasteiger partial charge in [0.25, 0.3) is 0 Å². The lowest BCUT2D eigenvalue weighted by Gasteiger charge is -2.39. The van der Waals surface area contributed by atoms with Crippen molar-refractivity contribution in [1.82, 2.24) is 5.32 Å². The number of hydrogen-bond acceptors (Lipinski definition) is 8. The van der Waals surface area contributed by atoms with E-state index in [2.05, 4.69) is 12.2 Å². The molecule has 4 aliphatic carbocycles. The summed E-state index contributed by atoms with van der Waals surface area (Å²) in [6.45, 7) is 6.16. The van der Waals surface area contributed by atoms with Crippen LogP contribution in [-0.4, -0.2) is 47.9 Å². The number of ether oxygens (including phenoxy) is 3. The molecular formula is C24H34N2O6. The third kappa shape index (κ3) is 2.59. The zero-order valence-corrected chi connectivity index (χ0v) is 19.1. The van der Waals surface area contributed by atoms with Crippen molar-refractivity contribution in [2.45, 2.75) is 82.8 Å². The fourth-order valence-electron chi connectivity index (χ4n) is 7.75. The first kappa shape index (κ1) is 20.9. The van der Waals surface area contributed by atoms with E-state index in [9.17, 15) is 14.4 Å². The van der Waals surface area contributed by atoms with Gasteiger partial charge in [-0.1, -0.05) is 6.92 Å². The van der Waals surface area contributed by atoms with E-state index in [4.69, 9.17) is 19.9 Å². The van der Waals surface area contributed by atoms with Gasteiger partial charge in [-0.05, 0) is 64.2 Å². The Morgan fingerprint density at radius 3 is 2.59 bits per heavy atom. The Morgan fingerprint density at radius 2 is 2.00 bits per heavy atom. The highest BCUT2D eigenvalue weighted by Gasteiger charge is 2.71. The van der Waals surface area contributed by atoms with E-state index in [1.807, 2.05) is 0 Å². The summed E-state index contributed by atoms with van der Waals surface area (Å²) in [4.78, 5) is 39.4. The minimum absolute atomic E-state index is 0.0885. The zero-order chi connectivity index (χ0) is 22.6. The quantitative estimate of drug-likeness (QED) is 0.357. The minimum atomic E-state index is -0.928. The van der Waals surface area contributed by atoms with Crippen molar-refractivity contribution in [2.24, 2.45) is 46.7 Å². The predicted octanol–water partition coefficient (Wildman–Crippen LogP) is 1.50. The molecule has 0 radical (unpaired) electrons. The first-order chi connectivity index (χ1) is 15.1. The fraction of sp³-hybridized carbons (Fsp3) is 0.875. The Kier molecular flexibility index (Phi) is 4.22. The van der Waals surface area contributed by atoms with Gasteiger partial charge in [0.1, 0.15) is 17.8 Å². The lowest BCUT2D eigenvalue weighted by molar-refractivity contribution is -0.183. The summed E-state index contributed by atoms with van der Waals surface area (Å²) in [6.07, 6.45) is 4.76. The lowest BCUT2D eigenvalue weighted by Crippen LogP contribution is -2.53. The molecule has 8 heteroatoms. The number of nitrogens with one attached hydrogen (secondary N) is 1. The van der Waals surface area contributed by atoms with Gasteiger partial charge in [0.2, 0.25) is 0 Å². The molecule has 0 amide bonds. The minimum Gasteiger partial charge on any atom is -0.459 e. The van der Waals surface area contributed by atoms with E-state index in [1.165, 1.54) is 6.42 Å². The van der Waals surface area contributed by atoms with Crippen LogP contribution in [0.3, 0.4) is 0 Å². The average Bonchev–Trinajstić information content (AvgIpc) is 3.16. The zero-order valence-electron chi connectivity index (χ0n) is 19.1. The van der Waals surface area contributed by atoms with Gasteiger partial charge < -0.3 is 19.9 Å². The topological polar surface area (TPSA) is 127 Å². The van der Waals surface area contributed by atoms with Crippen molar-refractivity contribution < 1.29 is 28.6 Å². The normalized spacial score (nSPS) is 49.9. The molecule has 9 unspecified atom stereocenters. The van der Waals surface area contributed by atoms with Gasteiger partial charge in [-0.2, -0.15) is 0 Å². The summed E-state index contributed by atoms with van der Waals surface area (Å²) >= 11 is 0. The average molecular weight is 447 g/mol. The maximum absolute atomic E-state index is 13.6. The number of rotatable bonds is 6. The molecule has 32 heavy (non-hydrogen) atoms. The second-order valence-electron chi connectivity index (χ2n) is 11.8. The highest BCUT2D eigenvalue weighted by Crippen LogP contribution is 2.61. The number of carbonyl (C=O) groups excluding carboxylic acids is 3. The van der Waals surface area contributed by atoms with Crippen molar-refractivity contribution >= 4 is 17.9 Å². The van der Waals surface area contributed by atoms with Gasteiger partial charge in [-0.15, -0.1) is 0 Å². The van der Waals surface area contributed by atoms with Crippen molar-refractivity contribution in [3.8, 4) is 0 Å². The molecule has 4 bridgehead atoms. The SMILES string of the molecule is CCC1(OC(=O)C2C3CC4C(OC(=O)C42)C3OC(=O)C(C)(C)[C@]2(N)CN2)CC2CCC1C2. The molecule has 6 fully saturated rings. The summed E-state index contributed by atoms with van der Waals surface area (Å²) in [5, 5.41) is 3.04. The molecule has 0 aromatic rings. The van der Waals surface area contributed by atoms with Gasteiger partial charge in [0, 0.05) is 18.4 Å². The van der Waals surface area contributed by atoms with Crippen LogP contribution in [0.2, 0.25) is 0 Å². The maximum Gasteiger partial charge on any atom is 0.315 e. The van der Waals surface area contributed by atoms with Gasteiger partial charge in [-0.25, -0.2) is 0 Å². The van der Waals surface area contributed by atoms with Crippen LogP contribution in [0.25, 0.3) is 0 Å². The van der Waals surface area contributed by atoms with Crippen LogP contribution in [-0.2, 0) is 28.6 Å². The molecular weight excluding hydrogens is 412 g/mol. The molecule has 6 rings (SSSR count). The Hall–Kier alpha value is -1.67. The maximum atomic E-state index is 13.6. The lowest BCUT2D eigenvalue weighted by atomic mass is 9.77. The molecule has 4 saturated carbocycles. The Morgan fingerprint density at radius 1 is 1.25 bits per heavy atom. The molecule has 0 aromatic carbocycles. The van der Waals surface area contributed by atoms with Gasteiger partial charge in [-0.3, -0.25) is 19.7 Å². The highest BCUT2D eigenvalue weighted by molar-refractivity contribution is 5.87. The van der Waals surface area contributed by atoms with Gasteiger partial charge >= 0.3 is 17.9 Å². The summed E-state index contributed by atoms with van der Waals surface area (Å²) in [6, 6.07) is 0. The molecule has 2 aliphatic heterocycles. The van der Waals surface area contributed by atoms with Gasteiger partial charge in [0.15, 0.2) is 0 Å². The Labute approximate surface area is 188 Å². The van der Waals surface area contributed by atoms with Crippen LogP contribution < -0.4 is 11.1 Å². The molecule has 2 heterocycles. The van der Waals surface area contributed by atoms with Crippen LogP contribution >= 0.6 is 0 Å².